The summed E-state index contributed by atoms with van der Waals surface area (Å²) >= 11 is 6.93. The standard InChI is InChI=1S/C25H26ClN3O6S/c1-25(2,3)35-24(33)29(13-19(30)14-5-4-6-16(26)9-14)12-18-11-15-10-17(7-8-20(15)34-18)27-22-21(31)28-23(32)36-22/h4-11,19,22,27,30H,12-13H2,1-3H3,(H,28,31,32)/t19-,22?/m0/s1. The maximum atomic E-state index is 13.0. The highest BCUT2D eigenvalue weighted by Crippen LogP contribution is 2.28. The van der Waals surface area contributed by atoms with Crippen LogP contribution in [-0.4, -0.2) is 44.8 Å². The number of nitrogens with one attached hydrogen (secondary N) is 2. The second-order valence-corrected chi connectivity index (χ2v) is 10.8. The number of rotatable bonds is 7. The molecule has 4 rings (SSSR count). The number of aliphatic hydroxyl groups is 1. The number of ether oxygens (including phenoxy) is 1. The minimum absolute atomic E-state index is 0.0405. The van der Waals surface area contributed by atoms with Gasteiger partial charge in [0, 0.05) is 16.1 Å². The highest BCUT2D eigenvalue weighted by molar-refractivity contribution is 8.15. The van der Waals surface area contributed by atoms with Crippen molar-refractivity contribution in [1.29, 1.82) is 0 Å². The molecule has 9 nitrogen and oxygen atoms in total. The van der Waals surface area contributed by atoms with Crippen molar-refractivity contribution in [2.24, 2.45) is 0 Å². The van der Waals surface area contributed by atoms with Crippen LogP contribution in [0, 0.1) is 0 Å². The van der Waals surface area contributed by atoms with Gasteiger partial charge < -0.3 is 19.6 Å². The molecule has 1 aliphatic rings. The third-order valence-electron chi connectivity index (χ3n) is 5.18. The summed E-state index contributed by atoms with van der Waals surface area (Å²) in [5.41, 5.74) is 1.06. The van der Waals surface area contributed by atoms with Crippen LogP contribution in [-0.2, 0) is 16.1 Å². The highest BCUT2D eigenvalue weighted by atomic mass is 35.5. The number of carbonyl (C=O) groups excluding carboxylic acids is 3. The van der Waals surface area contributed by atoms with Gasteiger partial charge in [0.2, 0.25) is 0 Å². The molecule has 3 amide bonds. The molecule has 190 valence electrons. The number of hydrogen-bond donors (Lipinski definition) is 3. The van der Waals surface area contributed by atoms with Crippen molar-refractivity contribution in [3.05, 3.63) is 64.9 Å². The van der Waals surface area contributed by atoms with Crippen molar-refractivity contribution >= 4 is 57.3 Å². The van der Waals surface area contributed by atoms with Crippen molar-refractivity contribution in [1.82, 2.24) is 10.2 Å². The van der Waals surface area contributed by atoms with E-state index in [-0.39, 0.29) is 13.1 Å². The molecule has 2 heterocycles. The number of thioether (sulfide) groups is 1. The van der Waals surface area contributed by atoms with Crippen molar-refractivity contribution in [2.45, 2.75) is 44.4 Å². The molecule has 1 unspecified atom stereocenters. The van der Waals surface area contributed by atoms with Crippen LogP contribution in [0.2, 0.25) is 5.02 Å². The molecule has 36 heavy (non-hydrogen) atoms. The number of amides is 3. The molecule has 3 aromatic rings. The van der Waals surface area contributed by atoms with Crippen LogP contribution in [0.25, 0.3) is 11.0 Å². The van der Waals surface area contributed by atoms with E-state index in [0.717, 1.165) is 17.1 Å². The van der Waals surface area contributed by atoms with Gasteiger partial charge >= 0.3 is 6.09 Å². The monoisotopic (exact) mass is 531 g/mol. The Labute approximate surface area is 217 Å². The van der Waals surface area contributed by atoms with Crippen LogP contribution >= 0.6 is 23.4 Å². The number of anilines is 1. The summed E-state index contributed by atoms with van der Waals surface area (Å²) in [5.74, 6) is 0.0821. The quantitative estimate of drug-likeness (QED) is 0.376. The minimum atomic E-state index is -0.992. The fourth-order valence-electron chi connectivity index (χ4n) is 3.61. The normalized spacial score (nSPS) is 16.6. The van der Waals surface area contributed by atoms with Crippen LogP contribution in [0.3, 0.4) is 0 Å². The van der Waals surface area contributed by atoms with Crippen molar-refractivity contribution in [3.8, 4) is 0 Å². The van der Waals surface area contributed by atoms with Gasteiger partial charge in [-0.25, -0.2) is 4.79 Å². The molecule has 1 aromatic heterocycles. The summed E-state index contributed by atoms with van der Waals surface area (Å²) in [4.78, 5) is 37.6. The van der Waals surface area contributed by atoms with E-state index >= 15 is 0 Å². The second kappa shape index (κ2) is 10.4. The second-order valence-electron chi connectivity index (χ2n) is 9.32. The zero-order chi connectivity index (χ0) is 26.0. The molecule has 2 aromatic carbocycles. The Kier molecular flexibility index (Phi) is 7.49. The number of fused-ring (bicyclic) bond motifs is 1. The first kappa shape index (κ1) is 25.9. The molecule has 0 spiro atoms. The van der Waals surface area contributed by atoms with E-state index in [4.69, 9.17) is 20.8 Å². The molecule has 2 atom stereocenters. The smallest absolute Gasteiger partial charge is 0.410 e. The number of halogens is 1. The summed E-state index contributed by atoms with van der Waals surface area (Å²) in [7, 11) is 0. The lowest BCUT2D eigenvalue weighted by Crippen LogP contribution is -2.38. The number of imide groups is 1. The first-order chi connectivity index (χ1) is 17.0. The Bertz CT molecular complexity index is 1300. The lowest BCUT2D eigenvalue weighted by Gasteiger charge is -2.28. The number of benzene rings is 2. The number of aliphatic hydroxyl groups excluding tert-OH is 1. The van der Waals surface area contributed by atoms with Gasteiger partial charge in [0.25, 0.3) is 11.1 Å². The topological polar surface area (TPSA) is 121 Å². The van der Waals surface area contributed by atoms with Gasteiger partial charge in [0.05, 0.1) is 19.2 Å². The summed E-state index contributed by atoms with van der Waals surface area (Å²) in [6.45, 7) is 5.31. The third-order valence-corrected chi connectivity index (χ3v) is 6.30. The zero-order valence-electron chi connectivity index (χ0n) is 19.9. The summed E-state index contributed by atoms with van der Waals surface area (Å²) in [5, 5.41) is 16.2. The van der Waals surface area contributed by atoms with Gasteiger partial charge in [-0.1, -0.05) is 23.7 Å². The van der Waals surface area contributed by atoms with Gasteiger partial charge in [-0.3, -0.25) is 19.8 Å². The molecular formula is C25H26ClN3O6S. The Morgan fingerprint density at radius 2 is 2.03 bits per heavy atom. The zero-order valence-corrected chi connectivity index (χ0v) is 21.5. The molecule has 1 saturated heterocycles. The van der Waals surface area contributed by atoms with E-state index in [1.807, 2.05) is 0 Å². The highest BCUT2D eigenvalue weighted by Gasteiger charge is 2.31. The third kappa shape index (κ3) is 6.51. The van der Waals surface area contributed by atoms with E-state index in [9.17, 15) is 19.5 Å². The summed E-state index contributed by atoms with van der Waals surface area (Å²) < 4.78 is 11.5. The molecule has 3 N–H and O–H groups in total. The summed E-state index contributed by atoms with van der Waals surface area (Å²) in [6, 6.07) is 13.8. The maximum absolute atomic E-state index is 13.0. The number of nitrogens with zero attached hydrogens (tertiary/aromatic N) is 1. The average Bonchev–Trinajstić information content (AvgIpc) is 3.32. The van der Waals surface area contributed by atoms with Crippen LogP contribution in [0.5, 0.6) is 0 Å². The minimum Gasteiger partial charge on any atom is -0.459 e. The molecule has 1 fully saturated rings. The summed E-state index contributed by atoms with van der Waals surface area (Å²) in [6.07, 6.45) is -1.59. The average molecular weight is 532 g/mol. The predicted molar refractivity (Wildman–Crippen MR) is 138 cm³/mol. The Hall–Kier alpha value is -3.21. The number of hydrogen-bond acceptors (Lipinski definition) is 8. The van der Waals surface area contributed by atoms with Crippen LogP contribution in [0.4, 0.5) is 15.3 Å². The Morgan fingerprint density at radius 3 is 2.69 bits per heavy atom. The molecule has 0 bridgehead atoms. The molecule has 0 aliphatic carbocycles. The SMILES string of the molecule is CC(C)(C)OC(=O)N(Cc1cc2cc(NC3SC(=O)NC3=O)ccc2o1)C[C@H](O)c1cccc(Cl)c1. The molecule has 0 saturated carbocycles. The van der Waals surface area contributed by atoms with E-state index in [1.54, 1.807) is 69.3 Å². The van der Waals surface area contributed by atoms with E-state index in [2.05, 4.69) is 10.6 Å². The predicted octanol–water partition coefficient (Wildman–Crippen LogP) is 5.28. The van der Waals surface area contributed by atoms with Gasteiger partial charge in [0.15, 0.2) is 5.37 Å². The molecule has 1 aliphatic heterocycles. The van der Waals surface area contributed by atoms with Gasteiger partial charge in [-0.15, -0.1) is 0 Å². The van der Waals surface area contributed by atoms with Crippen LogP contribution in [0.1, 0.15) is 38.2 Å². The largest absolute Gasteiger partial charge is 0.459 e. The molecule has 0 radical (unpaired) electrons. The number of carbonyl (C=O) groups is 3. The van der Waals surface area contributed by atoms with Crippen LogP contribution < -0.4 is 10.6 Å². The van der Waals surface area contributed by atoms with Crippen LogP contribution in [0.15, 0.2) is 52.9 Å². The van der Waals surface area contributed by atoms with Gasteiger partial charge in [0.1, 0.15) is 16.9 Å². The fraction of sp³-hybridized carbons (Fsp3) is 0.320. The van der Waals surface area contributed by atoms with Crippen molar-refractivity contribution < 1.29 is 28.6 Å². The lowest BCUT2D eigenvalue weighted by molar-refractivity contribution is -0.118. The van der Waals surface area contributed by atoms with E-state index < -0.39 is 34.3 Å². The molecule has 11 heteroatoms. The first-order valence-corrected chi connectivity index (χ1v) is 12.4. The lowest BCUT2D eigenvalue weighted by atomic mass is 10.1. The van der Waals surface area contributed by atoms with Gasteiger partial charge in [-0.05, 0) is 74.5 Å². The van der Waals surface area contributed by atoms with Crippen molar-refractivity contribution in [3.63, 3.8) is 0 Å². The fourth-order valence-corrected chi connectivity index (χ4v) is 4.55. The van der Waals surface area contributed by atoms with Crippen molar-refractivity contribution in [2.75, 3.05) is 11.9 Å². The number of furan rings is 1. The van der Waals surface area contributed by atoms with Gasteiger partial charge in [-0.2, -0.15) is 0 Å². The Balaban J connectivity index is 1.53. The molecular weight excluding hydrogens is 506 g/mol. The Morgan fingerprint density at radius 1 is 1.25 bits per heavy atom. The van der Waals surface area contributed by atoms with E-state index in [1.165, 1.54) is 4.90 Å². The maximum Gasteiger partial charge on any atom is 0.410 e. The first-order valence-electron chi connectivity index (χ1n) is 11.2. The van der Waals surface area contributed by atoms with E-state index in [0.29, 0.717) is 27.6 Å².